The maximum Gasteiger partial charge on any atom is 0.267 e. The number of nitrogens with zero attached hydrogens (tertiary/aromatic N) is 3. The molecule has 2 fully saturated rings. The SMILES string of the molecule is O=C(c1cnns1)N(Cc1ccsc1)C1CC12CCNCC2. The molecule has 7 heteroatoms. The number of piperidine rings is 1. The van der Waals surface area contributed by atoms with E-state index < -0.39 is 0 Å². The third-order valence-electron chi connectivity index (χ3n) is 4.89. The summed E-state index contributed by atoms with van der Waals surface area (Å²) in [5.74, 6) is 0.0848. The van der Waals surface area contributed by atoms with E-state index >= 15 is 0 Å². The van der Waals surface area contributed by atoms with Gasteiger partial charge in [0.1, 0.15) is 4.88 Å². The standard InChI is InChI=1S/C15H18N4OS2/c20-14(12-8-17-18-22-12)19(9-11-1-6-21-10-11)13-7-15(13)2-4-16-5-3-15/h1,6,8,10,13,16H,2-5,7,9H2. The number of hydrogen-bond acceptors (Lipinski definition) is 6. The topological polar surface area (TPSA) is 58.1 Å². The van der Waals surface area contributed by atoms with E-state index in [0.717, 1.165) is 19.5 Å². The van der Waals surface area contributed by atoms with Crippen molar-refractivity contribution in [3.05, 3.63) is 33.5 Å². The molecule has 0 aromatic carbocycles. The van der Waals surface area contributed by atoms with Gasteiger partial charge in [0.05, 0.1) is 6.20 Å². The molecule has 22 heavy (non-hydrogen) atoms. The second-order valence-electron chi connectivity index (χ2n) is 6.18. The molecule has 2 aliphatic rings. The molecule has 0 radical (unpaired) electrons. The van der Waals surface area contributed by atoms with Crippen LogP contribution in [0.15, 0.2) is 23.0 Å². The lowest BCUT2D eigenvalue weighted by atomic mass is 9.93. The van der Waals surface area contributed by atoms with Crippen molar-refractivity contribution in [1.82, 2.24) is 19.8 Å². The molecule has 1 unspecified atom stereocenters. The molecule has 2 aromatic rings. The summed E-state index contributed by atoms with van der Waals surface area (Å²) in [5.41, 5.74) is 1.56. The van der Waals surface area contributed by atoms with Gasteiger partial charge in [-0.05, 0) is 71.7 Å². The first kappa shape index (κ1) is 14.3. The van der Waals surface area contributed by atoms with E-state index in [1.165, 1.54) is 29.9 Å². The molecule has 1 saturated carbocycles. The first-order chi connectivity index (χ1) is 10.8. The van der Waals surface area contributed by atoms with Gasteiger partial charge in [-0.3, -0.25) is 4.79 Å². The van der Waals surface area contributed by atoms with Crippen molar-refractivity contribution in [2.75, 3.05) is 13.1 Å². The van der Waals surface area contributed by atoms with E-state index in [1.54, 1.807) is 17.5 Å². The minimum Gasteiger partial charge on any atom is -0.330 e. The average molecular weight is 334 g/mol. The highest BCUT2D eigenvalue weighted by molar-refractivity contribution is 7.08. The van der Waals surface area contributed by atoms with Crippen molar-refractivity contribution in [2.24, 2.45) is 5.41 Å². The lowest BCUT2D eigenvalue weighted by molar-refractivity contribution is 0.0697. The Kier molecular flexibility index (Phi) is 3.71. The van der Waals surface area contributed by atoms with Gasteiger partial charge in [0.2, 0.25) is 0 Å². The van der Waals surface area contributed by atoms with E-state index in [0.29, 0.717) is 22.9 Å². The van der Waals surface area contributed by atoms with Gasteiger partial charge >= 0.3 is 0 Å². The van der Waals surface area contributed by atoms with Gasteiger partial charge in [0.15, 0.2) is 0 Å². The van der Waals surface area contributed by atoms with Crippen molar-refractivity contribution in [3.63, 3.8) is 0 Å². The number of aromatic nitrogens is 2. The summed E-state index contributed by atoms with van der Waals surface area (Å²) in [6, 6.07) is 2.47. The Labute approximate surface area is 137 Å². The first-order valence-electron chi connectivity index (χ1n) is 7.59. The Morgan fingerprint density at radius 1 is 1.45 bits per heavy atom. The molecule has 1 saturated heterocycles. The first-order valence-corrected chi connectivity index (χ1v) is 9.30. The largest absolute Gasteiger partial charge is 0.330 e. The van der Waals surface area contributed by atoms with Crippen LogP contribution in [0.2, 0.25) is 0 Å². The van der Waals surface area contributed by atoms with Gasteiger partial charge < -0.3 is 10.2 Å². The van der Waals surface area contributed by atoms with Crippen molar-refractivity contribution in [2.45, 2.75) is 31.8 Å². The van der Waals surface area contributed by atoms with Gasteiger partial charge in [-0.1, -0.05) is 4.49 Å². The van der Waals surface area contributed by atoms with E-state index in [9.17, 15) is 4.79 Å². The Morgan fingerprint density at radius 2 is 2.32 bits per heavy atom. The van der Waals surface area contributed by atoms with Crippen LogP contribution in [0, 0.1) is 5.41 Å². The molecule has 1 spiro atoms. The molecule has 0 bridgehead atoms. The summed E-state index contributed by atoms with van der Waals surface area (Å²) in [5, 5.41) is 11.4. The quantitative estimate of drug-likeness (QED) is 0.933. The highest BCUT2D eigenvalue weighted by Crippen LogP contribution is 2.56. The average Bonchev–Trinajstić information content (AvgIpc) is 3.02. The lowest BCUT2D eigenvalue weighted by Crippen LogP contribution is -2.38. The number of amides is 1. The molecule has 1 N–H and O–H groups in total. The van der Waals surface area contributed by atoms with Crippen LogP contribution in [0.25, 0.3) is 0 Å². The summed E-state index contributed by atoms with van der Waals surface area (Å²) in [6.45, 7) is 2.83. The van der Waals surface area contributed by atoms with Gasteiger partial charge in [0.25, 0.3) is 5.91 Å². The number of carbonyl (C=O) groups is 1. The zero-order chi connectivity index (χ0) is 15.0. The maximum absolute atomic E-state index is 12.9. The van der Waals surface area contributed by atoms with E-state index in [-0.39, 0.29) is 5.91 Å². The Balaban J connectivity index is 1.57. The molecule has 4 rings (SSSR count). The fourth-order valence-electron chi connectivity index (χ4n) is 3.53. The lowest BCUT2D eigenvalue weighted by Gasteiger charge is -2.29. The molecule has 1 aliphatic heterocycles. The van der Waals surface area contributed by atoms with Crippen LogP contribution in [-0.4, -0.2) is 39.5 Å². The maximum atomic E-state index is 12.9. The van der Waals surface area contributed by atoms with Crippen LogP contribution in [0.5, 0.6) is 0 Å². The molecular formula is C15H18N4OS2. The van der Waals surface area contributed by atoms with Crippen molar-refractivity contribution in [3.8, 4) is 0 Å². The van der Waals surface area contributed by atoms with E-state index in [2.05, 4.69) is 36.6 Å². The van der Waals surface area contributed by atoms with Crippen LogP contribution < -0.4 is 5.32 Å². The van der Waals surface area contributed by atoms with Crippen molar-refractivity contribution < 1.29 is 4.79 Å². The Morgan fingerprint density at radius 3 is 3.00 bits per heavy atom. The van der Waals surface area contributed by atoms with E-state index in [4.69, 9.17) is 0 Å². The predicted octanol–water partition coefficient (Wildman–Crippen LogP) is 2.38. The van der Waals surface area contributed by atoms with Gasteiger partial charge in [-0.15, -0.1) is 5.10 Å². The summed E-state index contributed by atoms with van der Waals surface area (Å²) in [4.78, 5) is 15.6. The van der Waals surface area contributed by atoms with Gasteiger partial charge in [-0.25, -0.2) is 0 Å². The number of hydrogen-bond donors (Lipinski definition) is 1. The highest BCUT2D eigenvalue weighted by Gasteiger charge is 2.57. The highest BCUT2D eigenvalue weighted by atomic mass is 32.1. The normalized spacial score (nSPS) is 22.6. The van der Waals surface area contributed by atoms with Crippen LogP contribution in [0.3, 0.4) is 0 Å². The Bertz CT molecular complexity index is 635. The van der Waals surface area contributed by atoms with E-state index in [1.807, 2.05) is 0 Å². The predicted molar refractivity (Wildman–Crippen MR) is 87.0 cm³/mol. The molecule has 1 amide bonds. The van der Waals surface area contributed by atoms with Crippen LogP contribution in [-0.2, 0) is 6.54 Å². The van der Waals surface area contributed by atoms with Crippen molar-refractivity contribution >= 4 is 28.8 Å². The number of thiophene rings is 1. The minimum absolute atomic E-state index is 0.0848. The van der Waals surface area contributed by atoms with Crippen LogP contribution in [0.4, 0.5) is 0 Å². The zero-order valence-corrected chi connectivity index (χ0v) is 13.8. The number of carbonyl (C=O) groups excluding carboxylic acids is 1. The fraction of sp³-hybridized carbons (Fsp3) is 0.533. The zero-order valence-electron chi connectivity index (χ0n) is 12.2. The smallest absolute Gasteiger partial charge is 0.267 e. The Hall–Kier alpha value is -1.31. The second-order valence-corrected chi connectivity index (χ2v) is 7.74. The molecule has 1 aliphatic carbocycles. The van der Waals surface area contributed by atoms with Gasteiger partial charge in [0, 0.05) is 12.6 Å². The molecule has 1 atom stereocenters. The number of nitrogens with one attached hydrogen (secondary N) is 1. The van der Waals surface area contributed by atoms with Gasteiger partial charge in [-0.2, -0.15) is 11.3 Å². The van der Waals surface area contributed by atoms with Crippen molar-refractivity contribution in [1.29, 1.82) is 0 Å². The summed E-state index contributed by atoms with van der Waals surface area (Å²) in [6.07, 6.45) is 5.07. The molecule has 116 valence electrons. The molecule has 5 nitrogen and oxygen atoms in total. The summed E-state index contributed by atoms with van der Waals surface area (Å²) in [7, 11) is 0. The third-order valence-corrected chi connectivity index (χ3v) is 6.27. The molecular weight excluding hydrogens is 316 g/mol. The second kappa shape index (κ2) is 5.72. The summed E-state index contributed by atoms with van der Waals surface area (Å²) >= 11 is 2.87. The monoisotopic (exact) mass is 334 g/mol. The third kappa shape index (κ3) is 2.57. The molecule has 3 heterocycles. The van der Waals surface area contributed by atoms with Crippen LogP contribution in [0.1, 0.15) is 34.5 Å². The summed E-state index contributed by atoms with van der Waals surface area (Å²) < 4.78 is 3.84. The minimum atomic E-state index is 0.0848. The number of rotatable bonds is 4. The molecule has 2 aromatic heterocycles. The fourth-order valence-corrected chi connectivity index (χ4v) is 4.67. The van der Waals surface area contributed by atoms with Crippen LogP contribution >= 0.6 is 22.9 Å².